The molecule has 1 heterocycles. The molecule has 3 aromatic carbocycles. The summed E-state index contributed by atoms with van der Waals surface area (Å²) < 4.78 is 0. The summed E-state index contributed by atoms with van der Waals surface area (Å²) in [6.07, 6.45) is 3.78. The normalized spacial score (nSPS) is 19.4. The second-order valence-electron chi connectivity index (χ2n) is 8.75. The lowest BCUT2D eigenvalue weighted by atomic mass is 9.73. The lowest BCUT2D eigenvalue weighted by molar-refractivity contribution is -0.116. The summed E-state index contributed by atoms with van der Waals surface area (Å²) in [5.41, 5.74) is 3.87. The Bertz CT molecular complexity index is 1410. The maximum absolute atomic E-state index is 13.5. The first-order chi connectivity index (χ1) is 17.4. The number of benzene rings is 3. The minimum Gasteiger partial charge on any atom is -0.507 e. The zero-order chi connectivity index (χ0) is 25.4. The minimum absolute atomic E-state index is 0.0190. The number of Topliss-reactive ketones (excluding diaryl/α,β-unsaturated/α-hetero) is 1. The van der Waals surface area contributed by atoms with Gasteiger partial charge in [0.1, 0.15) is 11.6 Å². The van der Waals surface area contributed by atoms with Gasteiger partial charge in [-0.25, -0.2) is 0 Å². The van der Waals surface area contributed by atoms with Gasteiger partial charge in [0.05, 0.1) is 10.0 Å². The van der Waals surface area contributed by atoms with Gasteiger partial charge in [-0.1, -0.05) is 65.7 Å². The molecule has 182 valence electrons. The van der Waals surface area contributed by atoms with E-state index in [1.54, 1.807) is 47.0 Å². The molecule has 0 radical (unpaired) electrons. The number of aliphatic hydroxyl groups is 1. The number of halogens is 2. The predicted molar refractivity (Wildman–Crippen MR) is 150 cm³/mol. The molecule has 0 amide bonds. The molecule has 0 spiro atoms. The first-order valence-electron chi connectivity index (χ1n) is 11.6. The Labute approximate surface area is 224 Å². The Morgan fingerprint density at radius 3 is 2.39 bits per heavy atom. The van der Waals surface area contributed by atoms with Gasteiger partial charge in [-0.15, -0.1) is 11.8 Å². The SMILES string of the molecule is CSc1ccc(C2C3=C(CCCC3=O)N(c3ccc(Cl)c(Cl)c3)C(=N)/C2=C(/O)c2ccccc2)cc1. The fourth-order valence-electron chi connectivity index (χ4n) is 4.98. The van der Waals surface area contributed by atoms with Crippen LogP contribution in [0.25, 0.3) is 5.76 Å². The van der Waals surface area contributed by atoms with Gasteiger partial charge in [-0.05, 0) is 55.0 Å². The third-order valence-electron chi connectivity index (χ3n) is 6.67. The van der Waals surface area contributed by atoms with Crippen molar-refractivity contribution in [1.82, 2.24) is 0 Å². The van der Waals surface area contributed by atoms with Crippen LogP contribution in [-0.2, 0) is 4.79 Å². The molecule has 2 N–H and O–H groups in total. The van der Waals surface area contributed by atoms with Crippen molar-refractivity contribution < 1.29 is 9.90 Å². The lowest BCUT2D eigenvalue weighted by Crippen LogP contribution is -2.42. The molecule has 36 heavy (non-hydrogen) atoms. The number of hydrogen-bond acceptors (Lipinski definition) is 4. The van der Waals surface area contributed by atoms with E-state index < -0.39 is 5.92 Å². The van der Waals surface area contributed by atoms with Gasteiger partial charge in [0.25, 0.3) is 0 Å². The lowest BCUT2D eigenvalue weighted by Gasteiger charge is -2.42. The van der Waals surface area contributed by atoms with E-state index in [0.29, 0.717) is 51.7 Å². The first kappa shape index (κ1) is 24.7. The minimum atomic E-state index is -0.560. The molecule has 0 saturated carbocycles. The van der Waals surface area contributed by atoms with Crippen LogP contribution >= 0.6 is 35.0 Å². The van der Waals surface area contributed by atoms with Crippen molar-refractivity contribution in [2.24, 2.45) is 0 Å². The number of carbonyl (C=O) groups excluding carboxylic acids is 1. The van der Waals surface area contributed by atoms with Crippen molar-refractivity contribution in [3.8, 4) is 0 Å². The molecule has 2 aliphatic rings. The number of carbonyl (C=O) groups is 1. The second-order valence-corrected chi connectivity index (χ2v) is 10.4. The van der Waals surface area contributed by atoms with Crippen molar-refractivity contribution in [2.75, 3.05) is 11.2 Å². The zero-order valence-corrected chi connectivity index (χ0v) is 21.9. The molecule has 3 aromatic rings. The van der Waals surface area contributed by atoms with Crippen LogP contribution < -0.4 is 4.90 Å². The van der Waals surface area contributed by atoms with Gasteiger partial charge in [-0.2, -0.15) is 0 Å². The van der Waals surface area contributed by atoms with E-state index in [9.17, 15) is 15.3 Å². The molecule has 0 fully saturated rings. The highest BCUT2D eigenvalue weighted by molar-refractivity contribution is 7.98. The van der Waals surface area contributed by atoms with Gasteiger partial charge >= 0.3 is 0 Å². The number of amidine groups is 1. The van der Waals surface area contributed by atoms with E-state index in [1.807, 2.05) is 48.7 Å². The Hall–Kier alpha value is -2.99. The fraction of sp³-hybridized carbons (Fsp3) is 0.172. The number of nitrogens with zero attached hydrogens (tertiary/aromatic N) is 1. The van der Waals surface area contributed by atoms with Gasteiger partial charge in [0, 0.05) is 45.3 Å². The highest BCUT2D eigenvalue weighted by Crippen LogP contribution is 2.48. The Morgan fingerprint density at radius 1 is 1.00 bits per heavy atom. The average Bonchev–Trinajstić information content (AvgIpc) is 2.90. The summed E-state index contributed by atoms with van der Waals surface area (Å²) in [5, 5.41) is 21.8. The molecule has 0 aromatic heterocycles. The van der Waals surface area contributed by atoms with Crippen molar-refractivity contribution >= 4 is 58.0 Å². The topological polar surface area (TPSA) is 64.4 Å². The number of aliphatic hydroxyl groups excluding tert-OH is 1. The third-order valence-corrected chi connectivity index (χ3v) is 8.15. The van der Waals surface area contributed by atoms with E-state index >= 15 is 0 Å². The first-order valence-corrected chi connectivity index (χ1v) is 13.6. The van der Waals surface area contributed by atoms with Crippen LogP contribution in [-0.4, -0.2) is 23.0 Å². The smallest absolute Gasteiger partial charge is 0.161 e. The molecule has 1 aliphatic heterocycles. The van der Waals surface area contributed by atoms with E-state index in [-0.39, 0.29) is 17.4 Å². The maximum atomic E-state index is 13.5. The summed E-state index contributed by atoms with van der Waals surface area (Å²) in [5.74, 6) is -0.432. The van der Waals surface area contributed by atoms with Gasteiger partial charge in [-0.3, -0.25) is 15.1 Å². The average molecular weight is 535 g/mol. The summed E-state index contributed by atoms with van der Waals surface area (Å²) in [4.78, 5) is 16.4. The molecule has 0 saturated heterocycles. The molecule has 7 heteroatoms. The van der Waals surface area contributed by atoms with Gasteiger partial charge in [0.2, 0.25) is 0 Å². The van der Waals surface area contributed by atoms with Crippen LogP contribution in [0.4, 0.5) is 5.69 Å². The van der Waals surface area contributed by atoms with E-state index in [2.05, 4.69) is 0 Å². The molecule has 5 rings (SSSR count). The van der Waals surface area contributed by atoms with Crippen LogP contribution in [0.1, 0.15) is 36.3 Å². The molecule has 4 nitrogen and oxygen atoms in total. The Balaban J connectivity index is 1.81. The maximum Gasteiger partial charge on any atom is 0.161 e. The van der Waals surface area contributed by atoms with Crippen LogP contribution in [0.2, 0.25) is 10.0 Å². The standard InChI is InChI=1S/C29H24Cl2N2O2S/c1-36-20-13-10-17(11-14-20)25-26-23(8-5-9-24(26)34)33(19-12-15-21(30)22(31)16-19)29(32)27(25)28(35)18-6-3-2-4-7-18/h2-4,6-7,10-16,25,32,35H,5,8-9H2,1H3/b28-27+,32-29?. The highest BCUT2D eigenvalue weighted by Gasteiger charge is 2.43. The molecular formula is C29H24Cl2N2O2S. The Kier molecular flexibility index (Phi) is 6.98. The second kappa shape index (κ2) is 10.2. The monoisotopic (exact) mass is 534 g/mol. The molecule has 0 bridgehead atoms. The Morgan fingerprint density at radius 2 is 1.72 bits per heavy atom. The number of anilines is 1. The van der Waals surface area contributed by atoms with E-state index in [0.717, 1.165) is 16.2 Å². The van der Waals surface area contributed by atoms with Crippen LogP contribution in [0, 0.1) is 5.41 Å². The van der Waals surface area contributed by atoms with Crippen molar-refractivity contribution in [3.05, 3.63) is 111 Å². The van der Waals surface area contributed by atoms with Crippen molar-refractivity contribution in [3.63, 3.8) is 0 Å². The summed E-state index contributed by atoms with van der Waals surface area (Å²) in [6, 6.07) is 22.3. The van der Waals surface area contributed by atoms with Crippen LogP contribution in [0.3, 0.4) is 0 Å². The third kappa shape index (κ3) is 4.36. The predicted octanol–water partition coefficient (Wildman–Crippen LogP) is 8.27. The van der Waals surface area contributed by atoms with Crippen LogP contribution in [0.15, 0.2) is 94.5 Å². The highest BCUT2D eigenvalue weighted by atomic mass is 35.5. The summed E-state index contributed by atoms with van der Waals surface area (Å²) >= 11 is 14.2. The number of allylic oxidation sites excluding steroid dienone is 2. The fourth-order valence-corrected chi connectivity index (χ4v) is 5.68. The van der Waals surface area contributed by atoms with E-state index in [4.69, 9.17) is 23.2 Å². The summed E-state index contributed by atoms with van der Waals surface area (Å²) in [6.45, 7) is 0. The number of thioether (sulfide) groups is 1. The quantitative estimate of drug-likeness (QED) is 0.261. The van der Waals surface area contributed by atoms with Gasteiger partial charge in [0.15, 0.2) is 5.78 Å². The van der Waals surface area contributed by atoms with Crippen molar-refractivity contribution in [1.29, 1.82) is 5.41 Å². The summed E-state index contributed by atoms with van der Waals surface area (Å²) in [7, 11) is 0. The van der Waals surface area contributed by atoms with E-state index in [1.165, 1.54) is 0 Å². The van der Waals surface area contributed by atoms with Crippen LogP contribution in [0.5, 0.6) is 0 Å². The van der Waals surface area contributed by atoms with Crippen molar-refractivity contribution in [2.45, 2.75) is 30.1 Å². The molecule has 1 aliphatic carbocycles. The number of hydrogen-bond donors (Lipinski definition) is 2. The number of rotatable bonds is 4. The largest absolute Gasteiger partial charge is 0.507 e. The van der Waals surface area contributed by atoms with Gasteiger partial charge < -0.3 is 5.11 Å². The molecule has 1 atom stereocenters. The molecule has 1 unspecified atom stereocenters. The number of nitrogens with one attached hydrogen (secondary N) is 1. The number of ketones is 1. The zero-order valence-electron chi connectivity index (χ0n) is 19.6. The molecular weight excluding hydrogens is 511 g/mol.